The lowest BCUT2D eigenvalue weighted by molar-refractivity contribution is 0.207. The molecular weight excluding hydrogens is 233 g/mol. The van der Waals surface area contributed by atoms with Crippen molar-refractivity contribution in [1.29, 1.82) is 0 Å². The van der Waals surface area contributed by atoms with Gasteiger partial charge in [0.05, 0.1) is 5.69 Å². The molecule has 0 amide bonds. The Bertz CT molecular complexity index is 554. The molecule has 0 radical (unpaired) electrons. The van der Waals surface area contributed by atoms with Gasteiger partial charge in [-0.2, -0.15) is 5.10 Å². The summed E-state index contributed by atoms with van der Waals surface area (Å²) in [6.45, 7) is 0. The molecule has 1 unspecified atom stereocenters. The molecule has 0 spiro atoms. The average Bonchev–Trinajstić information content (AvgIpc) is 2.72. The first kappa shape index (κ1) is 11.7. The first-order chi connectivity index (χ1) is 8.00. The third-order valence-electron chi connectivity index (χ3n) is 2.37. The third kappa shape index (κ3) is 2.03. The van der Waals surface area contributed by atoms with Gasteiger partial charge < -0.3 is 5.11 Å². The Morgan fingerprint density at radius 2 is 1.88 bits per heavy atom. The minimum absolute atomic E-state index is 0.164. The number of halogens is 3. The molecule has 2 aromatic rings. The predicted molar refractivity (Wildman–Crippen MR) is 53.6 cm³/mol. The highest BCUT2D eigenvalue weighted by molar-refractivity contribution is 5.28. The summed E-state index contributed by atoms with van der Waals surface area (Å²) >= 11 is 0. The van der Waals surface area contributed by atoms with Crippen LogP contribution in [0.25, 0.3) is 0 Å². The van der Waals surface area contributed by atoms with E-state index in [1.807, 2.05) is 0 Å². The lowest BCUT2D eigenvalue weighted by Gasteiger charge is -2.10. The zero-order valence-corrected chi connectivity index (χ0v) is 8.86. The Labute approximate surface area is 95.1 Å². The zero-order valence-electron chi connectivity index (χ0n) is 8.86. The summed E-state index contributed by atoms with van der Waals surface area (Å²) in [4.78, 5) is 0. The molecule has 0 aliphatic heterocycles. The molecular formula is C11H9F3N2O. The van der Waals surface area contributed by atoms with Crippen LogP contribution in [0.4, 0.5) is 13.2 Å². The van der Waals surface area contributed by atoms with Crippen LogP contribution in [0.5, 0.6) is 0 Å². The van der Waals surface area contributed by atoms with Crippen LogP contribution in [-0.4, -0.2) is 14.9 Å². The number of nitrogens with zero attached hydrogens (tertiary/aromatic N) is 2. The Balaban J connectivity index is 2.44. The van der Waals surface area contributed by atoms with E-state index in [1.54, 1.807) is 13.2 Å². The maximum absolute atomic E-state index is 13.4. The molecule has 90 valence electrons. The minimum Gasteiger partial charge on any atom is -0.382 e. The number of aliphatic hydroxyl groups is 1. The Morgan fingerprint density at radius 3 is 2.47 bits per heavy atom. The van der Waals surface area contributed by atoms with Gasteiger partial charge in [0, 0.05) is 18.8 Å². The molecule has 17 heavy (non-hydrogen) atoms. The monoisotopic (exact) mass is 242 g/mol. The smallest absolute Gasteiger partial charge is 0.194 e. The predicted octanol–water partition coefficient (Wildman–Crippen LogP) is 1.92. The van der Waals surface area contributed by atoms with Crippen molar-refractivity contribution in [2.75, 3.05) is 0 Å². The van der Waals surface area contributed by atoms with Crippen molar-refractivity contribution in [3.05, 3.63) is 53.1 Å². The van der Waals surface area contributed by atoms with E-state index in [2.05, 4.69) is 5.10 Å². The summed E-state index contributed by atoms with van der Waals surface area (Å²) in [5.74, 6) is -4.29. The third-order valence-corrected chi connectivity index (χ3v) is 2.37. The largest absolute Gasteiger partial charge is 0.382 e. The zero-order chi connectivity index (χ0) is 12.6. The number of hydrogen-bond acceptors (Lipinski definition) is 2. The van der Waals surface area contributed by atoms with Crippen LogP contribution < -0.4 is 0 Å². The quantitative estimate of drug-likeness (QED) is 0.817. The molecule has 2 rings (SSSR count). The summed E-state index contributed by atoms with van der Waals surface area (Å²) in [5, 5.41) is 13.7. The highest BCUT2D eigenvalue weighted by atomic mass is 19.2. The molecule has 1 aromatic heterocycles. The van der Waals surface area contributed by atoms with Crippen LogP contribution in [-0.2, 0) is 7.05 Å². The number of aryl methyl sites for hydroxylation is 1. The van der Waals surface area contributed by atoms with Gasteiger partial charge in [0.15, 0.2) is 17.5 Å². The van der Waals surface area contributed by atoms with Gasteiger partial charge in [0.25, 0.3) is 0 Å². The molecule has 0 aliphatic carbocycles. The number of aromatic nitrogens is 2. The summed E-state index contributed by atoms with van der Waals surface area (Å²) in [7, 11) is 1.62. The minimum atomic E-state index is -1.60. The Morgan fingerprint density at radius 1 is 1.18 bits per heavy atom. The van der Waals surface area contributed by atoms with Gasteiger partial charge in [-0.25, -0.2) is 13.2 Å². The second-order valence-corrected chi connectivity index (χ2v) is 3.58. The molecule has 0 saturated heterocycles. The Hall–Kier alpha value is -1.82. The maximum atomic E-state index is 13.4. The van der Waals surface area contributed by atoms with Crippen molar-refractivity contribution < 1.29 is 18.3 Å². The lowest BCUT2D eigenvalue weighted by Crippen LogP contribution is -2.07. The fraction of sp³-hybridized carbons (Fsp3) is 0.182. The van der Waals surface area contributed by atoms with E-state index >= 15 is 0 Å². The number of benzene rings is 1. The molecule has 6 heteroatoms. The van der Waals surface area contributed by atoms with E-state index in [-0.39, 0.29) is 11.3 Å². The van der Waals surface area contributed by atoms with E-state index in [0.29, 0.717) is 0 Å². The number of aliphatic hydroxyl groups excluding tert-OH is 1. The fourth-order valence-electron chi connectivity index (χ4n) is 1.49. The summed E-state index contributed by atoms with van der Waals surface area (Å²) < 4.78 is 40.5. The van der Waals surface area contributed by atoms with E-state index in [9.17, 15) is 18.3 Å². The van der Waals surface area contributed by atoms with Crippen molar-refractivity contribution in [1.82, 2.24) is 9.78 Å². The van der Waals surface area contributed by atoms with Gasteiger partial charge in [-0.3, -0.25) is 4.68 Å². The SMILES string of the molecule is Cn1ccc(C(O)c2ccc(F)c(F)c2F)n1. The highest BCUT2D eigenvalue weighted by Crippen LogP contribution is 2.25. The highest BCUT2D eigenvalue weighted by Gasteiger charge is 2.21. The summed E-state index contributed by atoms with van der Waals surface area (Å²) in [6.07, 6.45) is 0.127. The van der Waals surface area contributed by atoms with Crippen LogP contribution in [0.2, 0.25) is 0 Å². The molecule has 0 fully saturated rings. The summed E-state index contributed by atoms with van der Waals surface area (Å²) in [5.41, 5.74) is -0.181. The van der Waals surface area contributed by atoms with Gasteiger partial charge >= 0.3 is 0 Å². The van der Waals surface area contributed by atoms with Gasteiger partial charge in [-0.15, -0.1) is 0 Å². The molecule has 1 heterocycles. The van der Waals surface area contributed by atoms with Crippen molar-refractivity contribution in [2.24, 2.45) is 7.05 Å². The molecule has 0 bridgehead atoms. The van der Waals surface area contributed by atoms with Crippen molar-refractivity contribution in [3.63, 3.8) is 0 Å². The van der Waals surface area contributed by atoms with Crippen LogP contribution >= 0.6 is 0 Å². The summed E-state index contributed by atoms with van der Waals surface area (Å²) in [6, 6.07) is 3.22. The molecule has 1 aromatic carbocycles. The normalized spacial score (nSPS) is 12.8. The lowest BCUT2D eigenvalue weighted by atomic mass is 10.1. The Kier molecular flexibility index (Phi) is 2.89. The van der Waals surface area contributed by atoms with E-state index in [0.717, 1.165) is 12.1 Å². The topological polar surface area (TPSA) is 38.0 Å². The molecule has 3 nitrogen and oxygen atoms in total. The average molecular weight is 242 g/mol. The molecule has 1 atom stereocenters. The van der Waals surface area contributed by atoms with Crippen LogP contribution in [0.3, 0.4) is 0 Å². The van der Waals surface area contributed by atoms with Crippen molar-refractivity contribution in [2.45, 2.75) is 6.10 Å². The van der Waals surface area contributed by atoms with E-state index in [4.69, 9.17) is 0 Å². The van der Waals surface area contributed by atoms with Gasteiger partial charge in [-0.05, 0) is 18.2 Å². The maximum Gasteiger partial charge on any atom is 0.194 e. The number of rotatable bonds is 2. The van der Waals surface area contributed by atoms with E-state index < -0.39 is 23.6 Å². The van der Waals surface area contributed by atoms with Crippen molar-refractivity contribution in [3.8, 4) is 0 Å². The second-order valence-electron chi connectivity index (χ2n) is 3.58. The van der Waals surface area contributed by atoms with Gasteiger partial charge in [0.1, 0.15) is 6.10 Å². The fourth-order valence-corrected chi connectivity index (χ4v) is 1.49. The number of hydrogen-bond donors (Lipinski definition) is 1. The standard InChI is InChI=1S/C11H9F3N2O/c1-16-5-4-8(15-16)11(17)6-2-3-7(12)10(14)9(6)13/h2-5,11,17H,1H3. The van der Waals surface area contributed by atoms with Gasteiger partial charge in [-0.1, -0.05) is 0 Å². The first-order valence-corrected chi connectivity index (χ1v) is 4.81. The van der Waals surface area contributed by atoms with Gasteiger partial charge in [0.2, 0.25) is 0 Å². The van der Waals surface area contributed by atoms with Crippen LogP contribution in [0.15, 0.2) is 24.4 Å². The van der Waals surface area contributed by atoms with E-state index in [1.165, 1.54) is 10.7 Å². The molecule has 0 aliphatic rings. The van der Waals surface area contributed by atoms with Crippen LogP contribution in [0, 0.1) is 17.5 Å². The first-order valence-electron chi connectivity index (χ1n) is 4.81. The molecule has 1 N–H and O–H groups in total. The second kappa shape index (κ2) is 4.21. The van der Waals surface area contributed by atoms with Crippen LogP contribution in [0.1, 0.15) is 17.4 Å². The molecule has 0 saturated carbocycles. The van der Waals surface area contributed by atoms with Crippen molar-refractivity contribution >= 4 is 0 Å².